The molecule has 1 aromatic carbocycles. The smallest absolute Gasteiger partial charge is 0.242 e. The number of pyridine rings is 1. The Morgan fingerprint density at radius 1 is 1.34 bits per heavy atom. The second-order valence-corrected chi connectivity index (χ2v) is 9.55. The highest BCUT2D eigenvalue weighted by atomic mass is 32.2. The quantitative estimate of drug-likeness (QED) is 0.761. The van der Waals surface area contributed by atoms with Crippen molar-refractivity contribution in [2.75, 3.05) is 13.7 Å². The lowest BCUT2D eigenvalue weighted by Gasteiger charge is -2.40. The van der Waals surface area contributed by atoms with Gasteiger partial charge in [0.1, 0.15) is 22.2 Å². The number of hydrogen-bond donors (Lipinski definition) is 1. The molecule has 2 aliphatic rings. The Hall–Kier alpha value is -2.94. The van der Waals surface area contributed by atoms with E-state index in [0.29, 0.717) is 17.0 Å². The van der Waals surface area contributed by atoms with Crippen LogP contribution in [0.15, 0.2) is 47.6 Å². The summed E-state index contributed by atoms with van der Waals surface area (Å²) < 4.78 is 32.9. The molecule has 0 spiro atoms. The third-order valence-corrected chi connectivity index (χ3v) is 7.94. The van der Waals surface area contributed by atoms with Crippen molar-refractivity contribution >= 4 is 21.8 Å². The van der Waals surface area contributed by atoms with Crippen LogP contribution < -0.4 is 10.5 Å². The van der Waals surface area contributed by atoms with Crippen LogP contribution in [0.3, 0.4) is 0 Å². The average Bonchev–Trinajstić information content (AvgIpc) is 2.84. The number of hydrogen-bond acceptors (Lipinski definition) is 7. The third-order valence-electron chi connectivity index (χ3n) is 5.58. The van der Waals surface area contributed by atoms with Gasteiger partial charge in [-0.1, -0.05) is 12.1 Å². The van der Waals surface area contributed by atoms with E-state index < -0.39 is 20.8 Å². The minimum absolute atomic E-state index is 0.0634. The maximum absolute atomic E-state index is 13.0. The number of nitrogens with zero attached hydrogens (tertiary/aromatic N) is 3. The first-order chi connectivity index (χ1) is 13.7. The molecule has 9 heteroatoms. The number of rotatable bonds is 3. The second-order valence-electron chi connectivity index (χ2n) is 7.40. The lowest BCUT2D eigenvalue weighted by molar-refractivity contribution is 0.0988. The second kappa shape index (κ2) is 6.84. The third kappa shape index (κ3) is 3.15. The van der Waals surface area contributed by atoms with Crippen LogP contribution in [0.5, 0.6) is 5.75 Å². The molecule has 0 fully saturated rings. The van der Waals surface area contributed by atoms with E-state index in [1.165, 1.54) is 7.05 Å². The Morgan fingerprint density at radius 2 is 2.14 bits per heavy atom. The number of ketones is 1. The number of aliphatic imine (C=N–C) groups is 1. The van der Waals surface area contributed by atoms with Crippen LogP contribution in [-0.4, -0.2) is 48.4 Å². The highest BCUT2D eigenvalue weighted by Gasteiger charge is 2.52. The number of nitrogens with two attached hydrogens (primary N) is 1. The number of aromatic nitrogens is 1. The van der Waals surface area contributed by atoms with Crippen LogP contribution in [0.2, 0.25) is 0 Å². The predicted octanol–water partition coefficient (Wildman–Crippen LogP) is 1.46. The highest BCUT2D eigenvalue weighted by molar-refractivity contribution is 7.90. The fraction of sp³-hybridized carbons (Fsp3) is 0.350. The van der Waals surface area contributed by atoms with E-state index >= 15 is 0 Å². The molecule has 2 N–H and O–H groups in total. The standard InChI is InChI=1S/C20H22N4O4S/c1-20-14-11-13(12-16(25)15-5-3-4-9-22-15)6-7-17(14)28-10-8-18(20)29(26,27)24(2)19(21)23-20/h3-7,9,11,18H,8,10,12H2,1-2H3,(H2,21,23)/t18-,20+/m0/s1. The molecule has 2 aromatic rings. The van der Waals surface area contributed by atoms with Crippen LogP contribution in [0.1, 0.15) is 35.0 Å². The van der Waals surface area contributed by atoms with Crippen molar-refractivity contribution in [2.24, 2.45) is 10.7 Å². The molecule has 8 nitrogen and oxygen atoms in total. The number of guanidine groups is 1. The van der Waals surface area contributed by atoms with Crippen LogP contribution in [0.4, 0.5) is 0 Å². The first kappa shape index (κ1) is 19.4. The van der Waals surface area contributed by atoms with Gasteiger partial charge in [-0.2, -0.15) is 0 Å². The molecule has 0 unspecified atom stereocenters. The minimum Gasteiger partial charge on any atom is -0.493 e. The Labute approximate surface area is 169 Å². The number of benzene rings is 1. The summed E-state index contributed by atoms with van der Waals surface area (Å²) in [6.07, 6.45) is 2.00. The highest BCUT2D eigenvalue weighted by Crippen LogP contribution is 2.45. The largest absolute Gasteiger partial charge is 0.493 e. The topological polar surface area (TPSA) is 115 Å². The van der Waals surface area contributed by atoms with Gasteiger partial charge in [0.05, 0.1) is 6.61 Å². The number of ether oxygens (including phenoxy) is 1. The van der Waals surface area contributed by atoms with E-state index in [2.05, 4.69) is 9.98 Å². The lowest BCUT2D eigenvalue weighted by Crippen LogP contribution is -2.56. The van der Waals surface area contributed by atoms with E-state index in [-0.39, 0.29) is 31.2 Å². The van der Waals surface area contributed by atoms with Crippen molar-refractivity contribution in [3.8, 4) is 5.75 Å². The van der Waals surface area contributed by atoms with Gasteiger partial charge in [-0.3, -0.25) is 9.78 Å². The number of Topliss-reactive ketones (excluding diaryl/α,β-unsaturated/α-hetero) is 1. The van der Waals surface area contributed by atoms with Crippen molar-refractivity contribution in [1.82, 2.24) is 9.29 Å². The molecule has 0 amide bonds. The molecule has 0 radical (unpaired) electrons. The number of carbonyl (C=O) groups excluding carboxylic acids is 1. The van der Waals surface area contributed by atoms with E-state index in [1.807, 2.05) is 0 Å². The molecule has 0 saturated heterocycles. The summed E-state index contributed by atoms with van der Waals surface area (Å²) in [6.45, 7) is 2.01. The molecule has 3 heterocycles. The van der Waals surface area contributed by atoms with Gasteiger partial charge in [-0.05, 0) is 36.8 Å². The summed E-state index contributed by atoms with van der Waals surface area (Å²) in [7, 11) is -2.29. The van der Waals surface area contributed by atoms with Crippen LogP contribution in [-0.2, 0) is 22.0 Å². The van der Waals surface area contributed by atoms with Crippen molar-refractivity contribution in [3.05, 3.63) is 59.4 Å². The maximum atomic E-state index is 13.0. The van der Waals surface area contributed by atoms with Gasteiger partial charge in [0.15, 0.2) is 5.78 Å². The van der Waals surface area contributed by atoms with Gasteiger partial charge in [0.25, 0.3) is 0 Å². The molecular formula is C20H22N4O4S. The van der Waals surface area contributed by atoms with Gasteiger partial charge in [-0.15, -0.1) is 0 Å². The minimum atomic E-state index is -3.69. The number of carbonyl (C=O) groups is 1. The van der Waals surface area contributed by atoms with Gasteiger partial charge in [-0.25, -0.2) is 17.7 Å². The molecule has 152 valence electrons. The normalized spacial score (nSPS) is 25.1. The van der Waals surface area contributed by atoms with E-state index in [0.717, 1.165) is 9.87 Å². The van der Waals surface area contributed by atoms with E-state index in [9.17, 15) is 13.2 Å². The predicted molar refractivity (Wildman–Crippen MR) is 108 cm³/mol. The van der Waals surface area contributed by atoms with Gasteiger partial charge in [0.2, 0.25) is 16.0 Å². The fourth-order valence-electron chi connectivity index (χ4n) is 3.94. The van der Waals surface area contributed by atoms with Crippen LogP contribution in [0.25, 0.3) is 0 Å². The maximum Gasteiger partial charge on any atom is 0.242 e. The summed E-state index contributed by atoms with van der Waals surface area (Å²) in [5.74, 6) is 0.368. The zero-order valence-corrected chi connectivity index (χ0v) is 17.0. The van der Waals surface area contributed by atoms with Crippen LogP contribution in [0, 0.1) is 0 Å². The SMILES string of the molecule is CN1C(N)=N[C@]2(C)c3cc(CC(=O)c4ccccn4)ccc3OCC[C@@H]2S1(=O)=O. The summed E-state index contributed by atoms with van der Waals surface area (Å²) in [5.41, 5.74) is 6.57. The average molecular weight is 414 g/mol. The number of fused-ring (bicyclic) bond motifs is 3. The molecule has 0 saturated carbocycles. The summed E-state index contributed by atoms with van der Waals surface area (Å²) in [5, 5.41) is -0.810. The Bertz CT molecular complexity index is 1100. The molecule has 1 aromatic heterocycles. The molecule has 2 atom stereocenters. The lowest BCUT2D eigenvalue weighted by atomic mass is 9.85. The van der Waals surface area contributed by atoms with Crippen molar-refractivity contribution in [3.63, 3.8) is 0 Å². The van der Waals surface area contributed by atoms with E-state index in [1.54, 1.807) is 49.5 Å². The Morgan fingerprint density at radius 3 is 2.86 bits per heavy atom. The van der Waals surface area contributed by atoms with Crippen molar-refractivity contribution < 1.29 is 17.9 Å². The number of sulfonamides is 1. The Balaban J connectivity index is 1.78. The van der Waals surface area contributed by atoms with Gasteiger partial charge < -0.3 is 10.5 Å². The zero-order valence-electron chi connectivity index (χ0n) is 16.2. The monoisotopic (exact) mass is 414 g/mol. The molecule has 2 aliphatic heterocycles. The summed E-state index contributed by atoms with van der Waals surface area (Å²) in [6, 6.07) is 10.5. The fourth-order valence-corrected chi connectivity index (χ4v) is 5.78. The molecular weight excluding hydrogens is 392 g/mol. The Kier molecular flexibility index (Phi) is 4.57. The summed E-state index contributed by atoms with van der Waals surface area (Å²) >= 11 is 0. The first-order valence-corrected chi connectivity index (χ1v) is 10.8. The summed E-state index contributed by atoms with van der Waals surface area (Å²) in [4.78, 5) is 21.2. The molecule has 29 heavy (non-hydrogen) atoms. The molecule has 0 aliphatic carbocycles. The van der Waals surface area contributed by atoms with Crippen molar-refractivity contribution in [1.29, 1.82) is 0 Å². The van der Waals surface area contributed by atoms with Gasteiger partial charge >= 0.3 is 0 Å². The zero-order chi connectivity index (χ0) is 20.8. The van der Waals surface area contributed by atoms with E-state index in [4.69, 9.17) is 10.5 Å². The van der Waals surface area contributed by atoms with Crippen LogP contribution >= 0.6 is 0 Å². The van der Waals surface area contributed by atoms with Gasteiger partial charge in [0, 0.05) is 31.6 Å². The molecule has 0 bridgehead atoms. The first-order valence-electron chi connectivity index (χ1n) is 9.27. The molecule has 4 rings (SSSR count). The van der Waals surface area contributed by atoms with Crippen molar-refractivity contribution in [2.45, 2.75) is 30.6 Å².